The molecule has 2 aromatic rings. The van der Waals surface area contributed by atoms with Gasteiger partial charge in [-0.2, -0.15) is 0 Å². The van der Waals surface area contributed by atoms with Gasteiger partial charge in [0.05, 0.1) is 5.69 Å². The standard InChI is InChI=1S/C21H27N3O2/c1-16(2)10-11-21(26)24-14-12-23(13-15-24)20-9-5-7-18(22-20)17-6-3-4-8-19(17)25/h3-9,16,25H,10-15H2,1-2H3. The van der Waals surface area contributed by atoms with Crippen molar-refractivity contribution < 1.29 is 9.90 Å². The summed E-state index contributed by atoms with van der Waals surface area (Å²) in [6, 6.07) is 13.1. The van der Waals surface area contributed by atoms with E-state index in [-0.39, 0.29) is 11.7 Å². The van der Waals surface area contributed by atoms with Gasteiger partial charge in [0.1, 0.15) is 11.6 Å². The number of aromatic hydroxyl groups is 1. The summed E-state index contributed by atoms with van der Waals surface area (Å²) in [6.45, 7) is 7.33. The fraction of sp³-hybridized carbons (Fsp3) is 0.429. The molecule has 0 saturated carbocycles. The lowest BCUT2D eigenvalue weighted by Gasteiger charge is -2.35. The second kappa shape index (κ2) is 8.21. The molecule has 1 amide bonds. The van der Waals surface area contributed by atoms with Crippen LogP contribution in [0.4, 0.5) is 5.82 Å². The molecule has 1 aliphatic rings. The number of hydrogen-bond donors (Lipinski definition) is 1. The molecule has 0 radical (unpaired) electrons. The Balaban J connectivity index is 1.64. The minimum Gasteiger partial charge on any atom is -0.507 e. The Morgan fingerprint density at radius 3 is 2.50 bits per heavy atom. The van der Waals surface area contributed by atoms with Crippen LogP contribution in [-0.4, -0.2) is 47.1 Å². The molecule has 5 nitrogen and oxygen atoms in total. The van der Waals surface area contributed by atoms with Gasteiger partial charge in [-0.25, -0.2) is 4.98 Å². The molecule has 1 fully saturated rings. The number of piperazine rings is 1. The average molecular weight is 353 g/mol. The summed E-state index contributed by atoms with van der Waals surface area (Å²) < 4.78 is 0. The number of pyridine rings is 1. The molecule has 1 aliphatic heterocycles. The highest BCUT2D eigenvalue weighted by atomic mass is 16.3. The number of phenols is 1. The second-order valence-corrected chi connectivity index (χ2v) is 7.20. The Kier molecular flexibility index (Phi) is 5.76. The van der Waals surface area contributed by atoms with Gasteiger partial charge in [0.15, 0.2) is 0 Å². The Morgan fingerprint density at radius 1 is 1.08 bits per heavy atom. The van der Waals surface area contributed by atoms with Crippen molar-refractivity contribution in [3.05, 3.63) is 42.5 Å². The summed E-state index contributed by atoms with van der Waals surface area (Å²) in [5.74, 6) is 1.94. The van der Waals surface area contributed by atoms with Gasteiger partial charge in [0.25, 0.3) is 0 Å². The van der Waals surface area contributed by atoms with E-state index < -0.39 is 0 Å². The third kappa shape index (κ3) is 4.34. The highest BCUT2D eigenvalue weighted by Gasteiger charge is 2.22. The number of amides is 1. The molecule has 3 rings (SSSR count). The van der Waals surface area contributed by atoms with Crippen molar-refractivity contribution in [1.82, 2.24) is 9.88 Å². The van der Waals surface area contributed by atoms with Gasteiger partial charge in [-0.15, -0.1) is 0 Å². The Bertz CT molecular complexity index is 752. The van der Waals surface area contributed by atoms with Crippen LogP contribution in [0, 0.1) is 5.92 Å². The smallest absolute Gasteiger partial charge is 0.222 e. The summed E-state index contributed by atoms with van der Waals surface area (Å²) >= 11 is 0. The molecule has 26 heavy (non-hydrogen) atoms. The molecule has 5 heteroatoms. The van der Waals surface area contributed by atoms with E-state index in [1.165, 1.54) is 0 Å². The second-order valence-electron chi connectivity index (χ2n) is 7.20. The van der Waals surface area contributed by atoms with Crippen molar-refractivity contribution in [2.24, 2.45) is 5.92 Å². The van der Waals surface area contributed by atoms with Crippen LogP contribution < -0.4 is 4.90 Å². The number of carbonyl (C=O) groups is 1. The molecule has 0 unspecified atom stereocenters. The van der Waals surface area contributed by atoms with Gasteiger partial charge in [-0.1, -0.05) is 32.0 Å². The van der Waals surface area contributed by atoms with Crippen molar-refractivity contribution in [2.75, 3.05) is 31.1 Å². The molecule has 0 aliphatic carbocycles. The van der Waals surface area contributed by atoms with Crippen LogP contribution in [0.3, 0.4) is 0 Å². The first-order chi connectivity index (χ1) is 12.5. The van der Waals surface area contributed by atoms with E-state index in [0.717, 1.165) is 49.7 Å². The Hall–Kier alpha value is -2.56. The Labute approximate surface area is 155 Å². The van der Waals surface area contributed by atoms with Crippen LogP contribution in [0.15, 0.2) is 42.5 Å². The molecule has 0 spiro atoms. The summed E-state index contributed by atoms with van der Waals surface area (Å²) in [4.78, 5) is 21.2. The van der Waals surface area contributed by atoms with Gasteiger partial charge in [0, 0.05) is 38.2 Å². The quantitative estimate of drug-likeness (QED) is 0.893. The number of nitrogens with zero attached hydrogens (tertiary/aromatic N) is 3. The fourth-order valence-corrected chi connectivity index (χ4v) is 3.19. The predicted octanol–water partition coefficient (Wildman–Crippen LogP) is 3.54. The summed E-state index contributed by atoms with van der Waals surface area (Å²) in [7, 11) is 0. The van der Waals surface area contributed by atoms with Crippen LogP contribution >= 0.6 is 0 Å². The average Bonchev–Trinajstić information content (AvgIpc) is 2.66. The summed E-state index contributed by atoms with van der Waals surface area (Å²) in [6.07, 6.45) is 1.59. The number of rotatable bonds is 5. The number of benzene rings is 1. The van der Waals surface area contributed by atoms with Crippen molar-refractivity contribution in [2.45, 2.75) is 26.7 Å². The number of carbonyl (C=O) groups excluding carboxylic acids is 1. The number of para-hydroxylation sites is 1. The highest BCUT2D eigenvalue weighted by molar-refractivity contribution is 5.76. The van der Waals surface area contributed by atoms with Crippen LogP contribution in [0.2, 0.25) is 0 Å². The van der Waals surface area contributed by atoms with Crippen molar-refractivity contribution >= 4 is 11.7 Å². The highest BCUT2D eigenvalue weighted by Crippen LogP contribution is 2.28. The number of aromatic nitrogens is 1. The molecular formula is C21H27N3O2. The molecule has 2 heterocycles. The van der Waals surface area contributed by atoms with E-state index in [1.807, 2.05) is 35.2 Å². The van der Waals surface area contributed by atoms with E-state index in [4.69, 9.17) is 4.98 Å². The summed E-state index contributed by atoms with van der Waals surface area (Å²) in [5.41, 5.74) is 1.49. The normalized spacial score (nSPS) is 14.7. The lowest BCUT2D eigenvalue weighted by molar-refractivity contribution is -0.131. The van der Waals surface area contributed by atoms with Crippen LogP contribution in [0.25, 0.3) is 11.3 Å². The van der Waals surface area contributed by atoms with Crippen LogP contribution in [-0.2, 0) is 4.79 Å². The third-order valence-corrected chi connectivity index (χ3v) is 4.81. The van der Waals surface area contributed by atoms with Gasteiger partial charge in [-0.3, -0.25) is 4.79 Å². The molecule has 1 saturated heterocycles. The first kappa shape index (κ1) is 18.2. The largest absolute Gasteiger partial charge is 0.507 e. The van der Waals surface area contributed by atoms with Gasteiger partial charge in [-0.05, 0) is 36.6 Å². The predicted molar refractivity (Wildman–Crippen MR) is 104 cm³/mol. The van der Waals surface area contributed by atoms with Crippen molar-refractivity contribution in [3.63, 3.8) is 0 Å². The molecule has 1 aromatic carbocycles. The lowest BCUT2D eigenvalue weighted by Crippen LogP contribution is -2.49. The monoisotopic (exact) mass is 353 g/mol. The maximum atomic E-state index is 12.3. The molecule has 0 bridgehead atoms. The maximum absolute atomic E-state index is 12.3. The van der Waals surface area contributed by atoms with Crippen LogP contribution in [0.5, 0.6) is 5.75 Å². The maximum Gasteiger partial charge on any atom is 0.222 e. The van der Waals surface area contributed by atoms with Gasteiger partial charge >= 0.3 is 0 Å². The molecule has 138 valence electrons. The number of hydrogen-bond acceptors (Lipinski definition) is 4. The van der Waals surface area contributed by atoms with E-state index >= 15 is 0 Å². The number of anilines is 1. The third-order valence-electron chi connectivity index (χ3n) is 4.81. The molecular weight excluding hydrogens is 326 g/mol. The fourth-order valence-electron chi connectivity index (χ4n) is 3.19. The SMILES string of the molecule is CC(C)CCC(=O)N1CCN(c2cccc(-c3ccccc3O)n2)CC1. The van der Waals surface area contributed by atoms with Gasteiger partial charge in [0.2, 0.25) is 5.91 Å². The minimum atomic E-state index is 0.234. The molecule has 1 N–H and O–H groups in total. The Morgan fingerprint density at radius 2 is 1.81 bits per heavy atom. The van der Waals surface area contributed by atoms with E-state index in [0.29, 0.717) is 12.3 Å². The van der Waals surface area contributed by atoms with E-state index in [1.54, 1.807) is 12.1 Å². The van der Waals surface area contributed by atoms with Gasteiger partial charge < -0.3 is 14.9 Å². The zero-order valence-electron chi connectivity index (χ0n) is 15.6. The number of phenolic OH excluding ortho intramolecular Hbond substituents is 1. The lowest BCUT2D eigenvalue weighted by atomic mass is 10.1. The van der Waals surface area contributed by atoms with Crippen LogP contribution in [0.1, 0.15) is 26.7 Å². The van der Waals surface area contributed by atoms with E-state index in [2.05, 4.69) is 18.7 Å². The minimum absolute atomic E-state index is 0.234. The first-order valence-corrected chi connectivity index (χ1v) is 9.32. The molecule has 0 atom stereocenters. The zero-order chi connectivity index (χ0) is 18.5. The summed E-state index contributed by atoms with van der Waals surface area (Å²) in [5, 5.41) is 10.1. The van der Waals surface area contributed by atoms with Crippen molar-refractivity contribution in [3.8, 4) is 17.0 Å². The molecule has 1 aromatic heterocycles. The van der Waals surface area contributed by atoms with Crippen molar-refractivity contribution in [1.29, 1.82) is 0 Å². The topological polar surface area (TPSA) is 56.7 Å². The first-order valence-electron chi connectivity index (χ1n) is 9.32. The van der Waals surface area contributed by atoms with E-state index in [9.17, 15) is 9.90 Å². The zero-order valence-corrected chi connectivity index (χ0v) is 15.6.